The first-order valence-corrected chi connectivity index (χ1v) is 8.87. The summed E-state index contributed by atoms with van der Waals surface area (Å²) in [6, 6.07) is 7.75. The predicted molar refractivity (Wildman–Crippen MR) is 96.9 cm³/mol. The van der Waals surface area contributed by atoms with Crippen LogP contribution < -0.4 is 5.32 Å². The fourth-order valence-corrected chi connectivity index (χ4v) is 3.50. The Balaban J connectivity index is 1.55. The molecule has 2 atom stereocenters. The van der Waals surface area contributed by atoms with Crippen LogP contribution in [0, 0.1) is 25.6 Å². The Morgan fingerprint density at radius 3 is 2.85 bits per heavy atom. The molecule has 0 radical (unpaired) electrons. The van der Waals surface area contributed by atoms with Crippen molar-refractivity contribution in [3.63, 3.8) is 0 Å². The second-order valence-electron chi connectivity index (χ2n) is 6.99. The Hall–Kier alpha value is -2.80. The number of ether oxygens (including phenoxy) is 1. The van der Waals surface area contributed by atoms with Gasteiger partial charge < -0.3 is 14.6 Å². The van der Waals surface area contributed by atoms with Gasteiger partial charge in [-0.3, -0.25) is 9.78 Å². The molecule has 7 heteroatoms. The third-order valence-electron chi connectivity index (χ3n) is 4.80. The van der Waals surface area contributed by atoms with Crippen molar-refractivity contribution in [2.24, 2.45) is 5.92 Å². The van der Waals surface area contributed by atoms with E-state index in [0.29, 0.717) is 41.8 Å². The molecule has 140 valence electrons. The van der Waals surface area contributed by atoms with Crippen LogP contribution in [0.2, 0.25) is 0 Å². The number of fused-ring (bicyclic) bond motifs is 1. The lowest BCUT2D eigenvalue weighted by atomic mass is 9.97. The van der Waals surface area contributed by atoms with E-state index in [-0.39, 0.29) is 23.7 Å². The SMILES string of the molecule is Cc1cc(C[C@@H]2COC[C@@H]2NC(=O)c2cc(C)nc3cc(F)ccc23)on1. The van der Waals surface area contributed by atoms with E-state index < -0.39 is 0 Å². The van der Waals surface area contributed by atoms with Crippen LogP contribution in [0.25, 0.3) is 10.9 Å². The van der Waals surface area contributed by atoms with Gasteiger partial charge in [0.1, 0.15) is 11.6 Å². The lowest BCUT2D eigenvalue weighted by Gasteiger charge is -2.18. The molecule has 1 amide bonds. The van der Waals surface area contributed by atoms with Crippen molar-refractivity contribution in [2.75, 3.05) is 13.2 Å². The molecule has 1 saturated heterocycles. The molecule has 3 aromatic rings. The summed E-state index contributed by atoms with van der Waals surface area (Å²) in [6.45, 7) is 4.65. The van der Waals surface area contributed by atoms with Gasteiger partial charge in [-0.2, -0.15) is 0 Å². The Morgan fingerprint density at radius 1 is 1.22 bits per heavy atom. The zero-order chi connectivity index (χ0) is 19.0. The van der Waals surface area contributed by atoms with Gasteiger partial charge in [0.15, 0.2) is 0 Å². The van der Waals surface area contributed by atoms with E-state index in [1.807, 2.05) is 13.0 Å². The molecule has 0 spiro atoms. The number of pyridine rings is 1. The van der Waals surface area contributed by atoms with Gasteiger partial charge in [-0.15, -0.1) is 0 Å². The normalized spacial score (nSPS) is 19.5. The molecule has 6 nitrogen and oxygen atoms in total. The van der Waals surface area contributed by atoms with E-state index in [1.54, 1.807) is 19.1 Å². The molecule has 3 heterocycles. The average Bonchev–Trinajstić information content (AvgIpc) is 3.23. The van der Waals surface area contributed by atoms with Crippen molar-refractivity contribution in [2.45, 2.75) is 26.3 Å². The molecule has 0 aliphatic carbocycles. The van der Waals surface area contributed by atoms with Crippen molar-refractivity contribution in [3.8, 4) is 0 Å². The molecular formula is C20H20FN3O3. The molecule has 0 bridgehead atoms. The number of aromatic nitrogens is 2. The molecule has 1 aromatic carbocycles. The van der Waals surface area contributed by atoms with Crippen LogP contribution >= 0.6 is 0 Å². The Labute approximate surface area is 155 Å². The van der Waals surface area contributed by atoms with Crippen molar-refractivity contribution < 1.29 is 18.4 Å². The average molecular weight is 369 g/mol. The molecule has 2 aromatic heterocycles. The summed E-state index contributed by atoms with van der Waals surface area (Å²) in [5.74, 6) is 0.292. The van der Waals surface area contributed by atoms with Crippen LogP contribution in [-0.2, 0) is 11.2 Å². The molecule has 1 N–H and O–H groups in total. The third-order valence-corrected chi connectivity index (χ3v) is 4.80. The Morgan fingerprint density at radius 2 is 2.07 bits per heavy atom. The topological polar surface area (TPSA) is 77.2 Å². The minimum absolute atomic E-state index is 0.105. The number of benzene rings is 1. The smallest absolute Gasteiger partial charge is 0.252 e. The highest BCUT2D eigenvalue weighted by atomic mass is 19.1. The standard InChI is InChI=1S/C20H20FN3O3/c1-11-6-17(16-4-3-14(21)8-18(16)22-11)20(25)23-19-10-26-9-13(19)7-15-5-12(2)24-27-15/h3-6,8,13,19H,7,9-10H2,1-2H3,(H,23,25)/t13-,19+/m1/s1. The summed E-state index contributed by atoms with van der Waals surface area (Å²) >= 11 is 0. The summed E-state index contributed by atoms with van der Waals surface area (Å²) in [4.78, 5) is 17.3. The van der Waals surface area contributed by atoms with E-state index in [0.717, 1.165) is 11.5 Å². The Bertz CT molecular complexity index is 996. The minimum Gasteiger partial charge on any atom is -0.379 e. The fraction of sp³-hybridized carbons (Fsp3) is 0.350. The maximum absolute atomic E-state index is 13.5. The van der Waals surface area contributed by atoms with Gasteiger partial charge in [-0.1, -0.05) is 5.16 Å². The van der Waals surface area contributed by atoms with E-state index in [4.69, 9.17) is 9.26 Å². The number of hydrogen-bond donors (Lipinski definition) is 1. The molecule has 27 heavy (non-hydrogen) atoms. The summed E-state index contributed by atoms with van der Waals surface area (Å²) < 4.78 is 24.4. The second kappa shape index (κ2) is 7.08. The predicted octanol–water partition coefficient (Wildman–Crippen LogP) is 2.97. The Kier molecular flexibility index (Phi) is 4.61. The lowest BCUT2D eigenvalue weighted by Crippen LogP contribution is -2.40. The van der Waals surface area contributed by atoms with Gasteiger partial charge in [0.2, 0.25) is 0 Å². The van der Waals surface area contributed by atoms with E-state index >= 15 is 0 Å². The zero-order valence-corrected chi connectivity index (χ0v) is 15.2. The van der Waals surface area contributed by atoms with Gasteiger partial charge in [0.05, 0.1) is 36.0 Å². The second-order valence-corrected chi connectivity index (χ2v) is 6.99. The largest absolute Gasteiger partial charge is 0.379 e. The number of aryl methyl sites for hydroxylation is 2. The van der Waals surface area contributed by atoms with Crippen LogP contribution in [0.15, 0.2) is 34.9 Å². The highest BCUT2D eigenvalue weighted by molar-refractivity contribution is 6.06. The van der Waals surface area contributed by atoms with Crippen LogP contribution in [0.4, 0.5) is 4.39 Å². The first-order chi connectivity index (χ1) is 13.0. The summed E-state index contributed by atoms with van der Waals surface area (Å²) in [6.07, 6.45) is 0.646. The highest BCUT2D eigenvalue weighted by Gasteiger charge is 2.31. The number of nitrogens with zero attached hydrogens (tertiary/aromatic N) is 2. The summed E-state index contributed by atoms with van der Waals surface area (Å²) in [5, 5.41) is 7.59. The first-order valence-electron chi connectivity index (χ1n) is 8.87. The summed E-state index contributed by atoms with van der Waals surface area (Å²) in [7, 11) is 0. The van der Waals surface area contributed by atoms with Crippen LogP contribution in [0.5, 0.6) is 0 Å². The number of amides is 1. The fourth-order valence-electron chi connectivity index (χ4n) is 3.50. The van der Waals surface area contributed by atoms with E-state index in [2.05, 4.69) is 15.5 Å². The van der Waals surface area contributed by atoms with Crippen molar-refractivity contribution in [1.82, 2.24) is 15.5 Å². The van der Waals surface area contributed by atoms with Crippen LogP contribution in [0.1, 0.15) is 27.5 Å². The van der Waals surface area contributed by atoms with Gasteiger partial charge in [-0.05, 0) is 32.0 Å². The van der Waals surface area contributed by atoms with Gasteiger partial charge in [0.25, 0.3) is 5.91 Å². The number of carbonyl (C=O) groups is 1. The number of carbonyl (C=O) groups excluding carboxylic acids is 1. The monoisotopic (exact) mass is 369 g/mol. The maximum atomic E-state index is 13.5. The van der Waals surface area contributed by atoms with Crippen molar-refractivity contribution in [1.29, 1.82) is 0 Å². The molecule has 0 unspecified atom stereocenters. The lowest BCUT2D eigenvalue weighted by molar-refractivity contribution is 0.0926. The zero-order valence-electron chi connectivity index (χ0n) is 15.2. The number of nitrogens with one attached hydrogen (secondary N) is 1. The summed E-state index contributed by atoms with van der Waals surface area (Å²) in [5.41, 5.74) is 2.44. The number of hydrogen-bond acceptors (Lipinski definition) is 5. The van der Waals surface area contributed by atoms with Gasteiger partial charge in [0, 0.05) is 35.6 Å². The van der Waals surface area contributed by atoms with E-state index in [1.165, 1.54) is 12.1 Å². The van der Waals surface area contributed by atoms with Crippen molar-refractivity contribution in [3.05, 3.63) is 58.9 Å². The molecular weight excluding hydrogens is 349 g/mol. The molecule has 4 rings (SSSR count). The quantitative estimate of drug-likeness (QED) is 0.765. The maximum Gasteiger partial charge on any atom is 0.252 e. The highest BCUT2D eigenvalue weighted by Crippen LogP contribution is 2.23. The van der Waals surface area contributed by atoms with Crippen molar-refractivity contribution >= 4 is 16.8 Å². The molecule has 0 saturated carbocycles. The van der Waals surface area contributed by atoms with E-state index in [9.17, 15) is 9.18 Å². The van der Waals surface area contributed by atoms with Crippen LogP contribution in [-0.4, -0.2) is 35.3 Å². The molecule has 1 fully saturated rings. The molecule has 1 aliphatic rings. The van der Waals surface area contributed by atoms with Gasteiger partial charge >= 0.3 is 0 Å². The number of halogens is 1. The van der Waals surface area contributed by atoms with Gasteiger partial charge in [-0.25, -0.2) is 4.39 Å². The number of rotatable bonds is 4. The minimum atomic E-state index is -0.376. The van der Waals surface area contributed by atoms with Crippen LogP contribution in [0.3, 0.4) is 0 Å². The first kappa shape index (κ1) is 17.6. The molecule has 1 aliphatic heterocycles. The third kappa shape index (κ3) is 3.68.